The molecule has 0 radical (unpaired) electrons. The molecule has 0 bridgehead atoms. The molecule has 1 aliphatic rings. The summed E-state index contributed by atoms with van der Waals surface area (Å²) < 4.78 is 5.70. The van der Waals surface area contributed by atoms with Gasteiger partial charge in [0.1, 0.15) is 5.75 Å². The summed E-state index contributed by atoms with van der Waals surface area (Å²) in [5.74, 6) is 1.66. The lowest BCUT2D eigenvalue weighted by atomic mass is 10.1. The van der Waals surface area contributed by atoms with Gasteiger partial charge in [0, 0.05) is 6.54 Å². The van der Waals surface area contributed by atoms with E-state index in [1.165, 1.54) is 12.8 Å². The number of halogens is 1. The van der Waals surface area contributed by atoms with Gasteiger partial charge in [-0.1, -0.05) is 19.8 Å². The van der Waals surface area contributed by atoms with Crippen LogP contribution in [-0.2, 0) is 0 Å². The van der Waals surface area contributed by atoms with E-state index in [1.807, 2.05) is 31.2 Å². The van der Waals surface area contributed by atoms with Crippen LogP contribution < -0.4 is 15.5 Å². The van der Waals surface area contributed by atoms with Crippen LogP contribution in [0.1, 0.15) is 38.7 Å². The van der Waals surface area contributed by atoms with E-state index >= 15 is 0 Å². The number of unbranched alkanes of at least 4 members (excludes halogenated alkanes) is 2. The molecule has 0 fully saturated rings. The zero-order valence-corrected chi connectivity index (χ0v) is 14.1. The summed E-state index contributed by atoms with van der Waals surface area (Å²) in [5, 5.41) is 7.44. The standard InChI is InChI=1S/C16H24N4O.ClH/c1-3-4-5-12-21-15-8-6-14(7-9-15)13(2)19-20-16-17-10-11-18-16;/h6-9H,3-5,10-12H2,1-2H3,(H2,17,18,20);1H. The van der Waals surface area contributed by atoms with Gasteiger partial charge in [0.25, 0.3) is 0 Å². The van der Waals surface area contributed by atoms with E-state index in [0.717, 1.165) is 49.1 Å². The van der Waals surface area contributed by atoms with Crippen molar-refractivity contribution in [1.82, 2.24) is 10.7 Å². The lowest BCUT2D eigenvalue weighted by molar-refractivity contribution is 0.306. The van der Waals surface area contributed by atoms with Crippen molar-refractivity contribution in [1.29, 1.82) is 0 Å². The average molecular weight is 325 g/mol. The van der Waals surface area contributed by atoms with Gasteiger partial charge < -0.3 is 10.1 Å². The second-order valence-electron chi connectivity index (χ2n) is 5.05. The summed E-state index contributed by atoms with van der Waals surface area (Å²) >= 11 is 0. The highest BCUT2D eigenvalue weighted by atomic mass is 35.5. The maximum Gasteiger partial charge on any atom is 0.212 e. The van der Waals surface area contributed by atoms with Crippen LogP contribution in [0.4, 0.5) is 0 Å². The average Bonchev–Trinajstić information content (AvgIpc) is 3.03. The molecule has 2 N–H and O–H groups in total. The number of aliphatic imine (C=N–C) groups is 1. The Morgan fingerprint density at radius 3 is 2.73 bits per heavy atom. The van der Waals surface area contributed by atoms with Gasteiger partial charge in [0.05, 0.1) is 18.9 Å². The van der Waals surface area contributed by atoms with Crippen molar-refractivity contribution >= 4 is 24.1 Å². The number of hydrazone groups is 1. The first-order valence-electron chi connectivity index (χ1n) is 7.61. The summed E-state index contributed by atoms with van der Waals surface area (Å²) in [4.78, 5) is 4.23. The molecule has 1 aromatic carbocycles. The minimum atomic E-state index is 0. The molecule has 5 nitrogen and oxygen atoms in total. The Kier molecular flexibility index (Phi) is 8.36. The quantitative estimate of drug-likeness (QED) is 0.460. The van der Waals surface area contributed by atoms with E-state index in [1.54, 1.807) is 0 Å². The van der Waals surface area contributed by atoms with Crippen molar-refractivity contribution in [2.75, 3.05) is 19.7 Å². The Bertz CT molecular complexity index is 499. The molecule has 0 amide bonds. The maximum atomic E-state index is 5.70. The number of nitrogens with zero attached hydrogens (tertiary/aromatic N) is 2. The Labute approximate surface area is 138 Å². The van der Waals surface area contributed by atoms with Crippen molar-refractivity contribution < 1.29 is 4.74 Å². The van der Waals surface area contributed by atoms with Gasteiger partial charge in [0.2, 0.25) is 5.96 Å². The van der Waals surface area contributed by atoms with Gasteiger partial charge >= 0.3 is 0 Å². The molecule has 22 heavy (non-hydrogen) atoms. The number of nitrogens with one attached hydrogen (secondary N) is 2. The minimum Gasteiger partial charge on any atom is -0.494 e. The van der Waals surface area contributed by atoms with Crippen LogP contribution in [0.15, 0.2) is 34.4 Å². The van der Waals surface area contributed by atoms with Gasteiger partial charge in [-0.05, 0) is 43.2 Å². The minimum absolute atomic E-state index is 0. The van der Waals surface area contributed by atoms with Crippen molar-refractivity contribution in [3.8, 4) is 5.75 Å². The zero-order chi connectivity index (χ0) is 14.9. The smallest absolute Gasteiger partial charge is 0.212 e. The van der Waals surface area contributed by atoms with Gasteiger partial charge in [-0.15, -0.1) is 12.4 Å². The van der Waals surface area contributed by atoms with Crippen LogP contribution in [-0.4, -0.2) is 31.4 Å². The van der Waals surface area contributed by atoms with Crippen LogP contribution in [0.25, 0.3) is 0 Å². The fraction of sp³-hybridized carbons (Fsp3) is 0.500. The number of guanidine groups is 1. The highest BCUT2D eigenvalue weighted by molar-refractivity contribution is 5.99. The number of ether oxygens (including phenoxy) is 1. The summed E-state index contributed by atoms with van der Waals surface area (Å²) in [6.45, 7) is 6.63. The Morgan fingerprint density at radius 1 is 1.32 bits per heavy atom. The maximum absolute atomic E-state index is 5.70. The van der Waals surface area contributed by atoms with E-state index < -0.39 is 0 Å². The fourth-order valence-corrected chi connectivity index (χ4v) is 2.01. The van der Waals surface area contributed by atoms with Gasteiger partial charge in [-0.25, -0.2) is 10.4 Å². The van der Waals surface area contributed by atoms with Gasteiger partial charge in [0.15, 0.2) is 0 Å². The molecule has 0 saturated carbocycles. The van der Waals surface area contributed by atoms with E-state index in [2.05, 4.69) is 27.8 Å². The Morgan fingerprint density at radius 2 is 2.09 bits per heavy atom. The van der Waals surface area contributed by atoms with Crippen molar-refractivity contribution in [3.05, 3.63) is 29.8 Å². The largest absolute Gasteiger partial charge is 0.494 e. The van der Waals surface area contributed by atoms with Crippen LogP contribution >= 0.6 is 12.4 Å². The second-order valence-corrected chi connectivity index (χ2v) is 5.05. The van der Waals surface area contributed by atoms with Gasteiger partial charge in [-0.2, -0.15) is 5.10 Å². The molecule has 1 aromatic rings. The second kappa shape index (κ2) is 10.1. The first-order valence-corrected chi connectivity index (χ1v) is 7.61. The van der Waals surface area contributed by atoms with E-state index in [0.29, 0.717) is 0 Å². The highest BCUT2D eigenvalue weighted by Crippen LogP contribution is 2.13. The topological polar surface area (TPSA) is 58.0 Å². The first-order chi connectivity index (χ1) is 10.3. The molecular formula is C16H25ClN4O. The Balaban J connectivity index is 0.00000242. The summed E-state index contributed by atoms with van der Waals surface area (Å²) in [6, 6.07) is 8.04. The van der Waals surface area contributed by atoms with Crippen molar-refractivity contribution in [2.45, 2.75) is 33.1 Å². The third kappa shape index (κ3) is 5.93. The predicted octanol–water partition coefficient (Wildman–Crippen LogP) is 2.95. The monoisotopic (exact) mass is 324 g/mol. The molecule has 0 saturated heterocycles. The molecule has 0 aliphatic carbocycles. The molecule has 0 atom stereocenters. The van der Waals surface area contributed by atoms with Gasteiger partial charge in [-0.3, -0.25) is 0 Å². The summed E-state index contributed by atoms with van der Waals surface area (Å²) in [7, 11) is 0. The molecular weight excluding hydrogens is 300 g/mol. The molecule has 0 aromatic heterocycles. The van der Waals surface area contributed by atoms with Crippen LogP contribution in [0.2, 0.25) is 0 Å². The van der Waals surface area contributed by atoms with Crippen LogP contribution in [0, 0.1) is 0 Å². The molecule has 0 spiro atoms. The SMILES string of the molecule is CCCCCOc1ccc(C(C)=NNC2=NCCN2)cc1.Cl. The third-order valence-corrected chi connectivity index (χ3v) is 3.29. The number of hydrogen-bond acceptors (Lipinski definition) is 5. The van der Waals surface area contributed by atoms with E-state index in [4.69, 9.17) is 4.74 Å². The highest BCUT2D eigenvalue weighted by Gasteiger charge is 2.03. The predicted molar refractivity (Wildman–Crippen MR) is 94.4 cm³/mol. The van der Waals surface area contributed by atoms with Crippen LogP contribution in [0.3, 0.4) is 0 Å². The number of rotatable bonds is 7. The summed E-state index contributed by atoms with van der Waals surface area (Å²) in [6.07, 6.45) is 3.54. The molecule has 1 aliphatic heterocycles. The van der Waals surface area contributed by atoms with E-state index in [-0.39, 0.29) is 12.4 Å². The lowest BCUT2D eigenvalue weighted by Gasteiger charge is -2.07. The molecule has 0 unspecified atom stereocenters. The molecule has 1 heterocycles. The normalized spacial score (nSPS) is 13.9. The third-order valence-electron chi connectivity index (χ3n) is 3.29. The molecule has 122 valence electrons. The summed E-state index contributed by atoms with van der Waals surface area (Å²) in [5.41, 5.74) is 4.93. The molecule has 2 rings (SSSR count). The lowest BCUT2D eigenvalue weighted by Crippen LogP contribution is -2.30. The zero-order valence-electron chi connectivity index (χ0n) is 13.3. The number of hydrogen-bond donors (Lipinski definition) is 2. The fourth-order valence-electron chi connectivity index (χ4n) is 2.01. The Hall–Kier alpha value is -1.75. The van der Waals surface area contributed by atoms with Crippen LogP contribution in [0.5, 0.6) is 5.75 Å². The molecule has 6 heteroatoms. The van der Waals surface area contributed by atoms with E-state index in [9.17, 15) is 0 Å². The van der Waals surface area contributed by atoms with Crippen molar-refractivity contribution in [2.24, 2.45) is 10.1 Å². The van der Waals surface area contributed by atoms with Crippen molar-refractivity contribution in [3.63, 3.8) is 0 Å². The first kappa shape index (κ1) is 18.3. The number of benzene rings is 1.